The van der Waals surface area contributed by atoms with Crippen molar-refractivity contribution in [1.82, 2.24) is 0 Å². The zero-order valence-corrected chi connectivity index (χ0v) is 9.47. The van der Waals surface area contributed by atoms with Crippen LogP contribution in [-0.4, -0.2) is 5.78 Å². The van der Waals surface area contributed by atoms with Crippen molar-refractivity contribution in [3.05, 3.63) is 70.8 Å². The summed E-state index contributed by atoms with van der Waals surface area (Å²) in [5.41, 5.74) is 2.63. The van der Waals surface area contributed by atoms with Crippen LogP contribution < -0.4 is 0 Å². The van der Waals surface area contributed by atoms with Gasteiger partial charge in [0, 0.05) is 11.1 Å². The molecule has 0 saturated heterocycles. The third-order valence-electron chi connectivity index (χ3n) is 2.66. The second-order valence-electron chi connectivity index (χ2n) is 3.84. The molecule has 0 aliphatic rings. The second-order valence-corrected chi connectivity index (χ2v) is 3.84. The van der Waals surface area contributed by atoms with Crippen LogP contribution in [0.3, 0.4) is 0 Å². The van der Waals surface area contributed by atoms with Gasteiger partial charge in [-0.25, -0.2) is 0 Å². The molecule has 0 radical (unpaired) electrons. The van der Waals surface area contributed by atoms with E-state index in [2.05, 4.69) is 6.07 Å². The molecule has 2 rings (SSSR count). The van der Waals surface area contributed by atoms with Crippen LogP contribution in [0.25, 0.3) is 0 Å². The smallest absolute Gasteiger partial charge is 0.193 e. The van der Waals surface area contributed by atoms with E-state index >= 15 is 0 Å². The van der Waals surface area contributed by atoms with Gasteiger partial charge in [-0.2, -0.15) is 5.26 Å². The number of benzene rings is 2. The Morgan fingerprint density at radius 1 is 1.06 bits per heavy atom. The molecule has 0 amide bonds. The lowest BCUT2D eigenvalue weighted by Crippen LogP contribution is -2.01. The van der Waals surface area contributed by atoms with E-state index in [0.717, 1.165) is 5.56 Å². The van der Waals surface area contributed by atoms with Crippen LogP contribution in [0.5, 0.6) is 0 Å². The van der Waals surface area contributed by atoms with Gasteiger partial charge in [0.15, 0.2) is 5.78 Å². The molecule has 82 valence electrons. The summed E-state index contributed by atoms with van der Waals surface area (Å²) in [6.07, 6.45) is 0. The Bertz CT molecular complexity index is 594. The van der Waals surface area contributed by atoms with Gasteiger partial charge >= 0.3 is 0 Å². The molecule has 0 unspecified atom stereocenters. The zero-order valence-electron chi connectivity index (χ0n) is 9.47. The Morgan fingerprint density at radius 2 is 1.76 bits per heavy atom. The molecule has 2 aromatic rings. The van der Waals surface area contributed by atoms with Crippen molar-refractivity contribution in [3.63, 3.8) is 0 Å². The molecule has 0 spiro atoms. The number of carbonyl (C=O) groups excluding carboxylic acids is 1. The molecule has 17 heavy (non-hydrogen) atoms. The van der Waals surface area contributed by atoms with E-state index in [1.54, 1.807) is 30.3 Å². The van der Waals surface area contributed by atoms with Crippen molar-refractivity contribution >= 4 is 5.78 Å². The van der Waals surface area contributed by atoms with Crippen molar-refractivity contribution in [1.29, 1.82) is 5.26 Å². The molecule has 2 nitrogen and oxygen atoms in total. The van der Waals surface area contributed by atoms with Gasteiger partial charge in [-0.15, -0.1) is 0 Å². The van der Waals surface area contributed by atoms with Crippen LogP contribution in [0.2, 0.25) is 0 Å². The number of aryl methyl sites for hydroxylation is 1. The lowest BCUT2D eigenvalue weighted by Gasteiger charge is -2.03. The van der Waals surface area contributed by atoms with Crippen LogP contribution >= 0.6 is 0 Å². The zero-order chi connectivity index (χ0) is 12.3. The molecule has 0 fully saturated rings. The van der Waals surface area contributed by atoms with Gasteiger partial charge in [-0.05, 0) is 18.6 Å². The van der Waals surface area contributed by atoms with Gasteiger partial charge in [0.1, 0.15) is 0 Å². The highest BCUT2D eigenvalue weighted by atomic mass is 16.1. The maximum atomic E-state index is 12.1. The summed E-state index contributed by atoms with van der Waals surface area (Å²) in [7, 11) is 0. The average molecular weight is 221 g/mol. The largest absolute Gasteiger partial charge is 0.289 e. The Hall–Kier alpha value is -2.40. The van der Waals surface area contributed by atoms with Crippen molar-refractivity contribution < 1.29 is 4.79 Å². The maximum absolute atomic E-state index is 12.1. The minimum absolute atomic E-state index is 0.0536. The number of nitriles is 1. The molecule has 0 bridgehead atoms. The number of hydrogen-bond donors (Lipinski definition) is 0. The monoisotopic (exact) mass is 221 g/mol. The quantitative estimate of drug-likeness (QED) is 0.731. The fourth-order valence-electron chi connectivity index (χ4n) is 1.64. The molecule has 0 aromatic heterocycles. The van der Waals surface area contributed by atoms with Gasteiger partial charge in [-0.1, -0.05) is 42.5 Å². The lowest BCUT2D eigenvalue weighted by atomic mass is 9.99. The summed E-state index contributed by atoms with van der Waals surface area (Å²) >= 11 is 0. The molecule has 0 saturated carbocycles. The highest BCUT2D eigenvalue weighted by Gasteiger charge is 2.09. The van der Waals surface area contributed by atoms with Crippen molar-refractivity contribution in [3.8, 4) is 6.07 Å². The standard InChI is InChI=1S/C15H11NO/c1-11-7-8-13(9-14(11)10-16)15(17)12-5-3-2-4-6-12/h2-9H,1H3. The van der Waals surface area contributed by atoms with Crippen molar-refractivity contribution in [2.75, 3.05) is 0 Å². The number of nitrogens with zero attached hydrogens (tertiary/aromatic N) is 1. The minimum Gasteiger partial charge on any atom is -0.289 e. The predicted octanol–water partition coefficient (Wildman–Crippen LogP) is 3.10. The van der Waals surface area contributed by atoms with Gasteiger partial charge < -0.3 is 0 Å². The Kier molecular flexibility index (Phi) is 3.02. The fraction of sp³-hybridized carbons (Fsp3) is 0.0667. The summed E-state index contributed by atoms with van der Waals surface area (Å²) in [5.74, 6) is -0.0536. The number of carbonyl (C=O) groups is 1. The summed E-state index contributed by atoms with van der Waals surface area (Å²) in [5, 5.41) is 8.93. The molecule has 0 aliphatic heterocycles. The topological polar surface area (TPSA) is 40.9 Å². The first-order chi connectivity index (χ1) is 8.22. The normalized spacial score (nSPS) is 9.65. The van der Waals surface area contributed by atoms with Crippen LogP contribution in [-0.2, 0) is 0 Å². The highest BCUT2D eigenvalue weighted by Crippen LogP contribution is 2.14. The summed E-state index contributed by atoms with van der Waals surface area (Å²) in [4.78, 5) is 12.1. The molecule has 2 heteroatoms. The van der Waals surface area contributed by atoms with Gasteiger partial charge in [0.2, 0.25) is 0 Å². The van der Waals surface area contributed by atoms with Crippen molar-refractivity contribution in [2.24, 2.45) is 0 Å². The molecule has 2 aromatic carbocycles. The predicted molar refractivity (Wildman–Crippen MR) is 65.8 cm³/mol. The van der Waals surface area contributed by atoms with Crippen LogP contribution in [0, 0.1) is 18.3 Å². The number of rotatable bonds is 2. The minimum atomic E-state index is -0.0536. The van der Waals surface area contributed by atoms with Crippen LogP contribution in [0.15, 0.2) is 48.5 Å². The van der Waals surface area contributed by atoms with Gasteiger partial charge in [0.05, 0.1) is 11.6 Å². The van der Waals surface area contributed by atoms with Gasteiger partial charge in [0.25, 0.3) is 0 Å². The first kappa shape index (κ1) is 11.1. The molecular formula is C15H11NO. The van der Waals surface area contributed by atoms with E-state index in [1.165, 1.54) is 0 Å². The van der Waals surface area contributed by atoms with E-state index in [1.807, 2.05) is 25.1 Å². The van der Waals surface area contributed by atoms with Crippen molar-refractivity contribution in [2.45, 2.75) is 6.92 Å². The van der Waals surface area contributed by atoms with E-state index < -0.39 is 0 Å². The molecule has 0 atom stereocenters. The fourth-order valence-corrected chi connectivity index (χ4v) is 1.64. The third kappa shape index (κ3) is 2.24. The van der Waals surface area contributed by atoms with E-state index in [-0.39, 0.29) is 5.78 Å². The van der Waals surface area contributed by atoms with Crippen LogP contribution in [0.4, 0.5) is 0 Å². The first-order valence-electron chi connectivity index (χ1n) is 5.33. The first-order valence-corrected chi connectivity index (χ1v) is 5.33. The molecule has 0 N–H and O–H groups in total. The Balaban J connectivity index is 2.43. The molecule has 0 aliphatic carbocycles. The van der Waals surface area contributed by atoms with E-state index in [0.29, 0.717) is 16.7 Å². The second kappa shape index (κ2) is 4.63. The number of ketones is 1. The summed E-state index contributed by atoms with van der Waals surface area (Å²) in [6, 6.07) is 16.4. The van der Waals surface area contributed by atoms with Crippen LogP contribution in [0.1, 0.15) is 27.0 Å². The average Bonchev–Trinajstić information content (AvgIpc) is 2.39. The highest BCUT2D eigenvalue weighted by molar-refractivity contribution is 6.09. The van der Waals surface area contributed by atoms with E-state index in [4.69, 9.17) is 5.26 Å². The summed E-state index contributed by atoms with van der Waals surface area (Å²) < 4.78 is 0. The van der Waals surface area contributed by atoms with E-state index in [9.17, 15) is 4.79 Å². The van der Waals surface area contributed by atoms with Gasteiger partial charge in [-0.3, -0.25) is 4.79 Å². The molecule has 0 heterocycles. The summed E-state index contributed by atoms with van der Waals surface area (Å²) in [6.45, 7) is 1.86. The maximum Gasteiger partial charge on any atom is 0.193 e. The number of hydrogen-bond acceptors (Lipinski definition) is 2. The lowest BCUT2D eigenvalue weighted by molar-refractivity contribution is 0.103. The molecular weight excluding hydrogens is 210 g/mol. The Morgan fingerprint density at radius 3 is 2.41 bits per heavy atom. The third-order valence-corrected chi connectivity index (χ3v) is 2.66. The SMILES string of the molecule is Cc1ccc(C(=O)c2ccccc2)cc1C#N. The Labute approximate surface area is 100 Å².